The predicted octanol–water partition coefficient (Wildman–Crippen LogP) is 0.549. The smallest absolute Gasteiger partial charge is 0.312 e. The summed E-state index contributed by atoms with van der Waals surface area (Å²) in [4.78, 5) is 26.5. The van der Waals surface area contributed by atoms with Gasteiger partial charge in [0, 0.05) is 32.7 Å². The molecule has 1 heterocycles. The van der Waals surface area contributed by atoms with Gasteiger partial charge in [-0.2, -0.15) is 0 Å². The van der Waals surface area contributed by atoms with Crippen LogP contribution >= 0.6 is 0 Å². The molecule has 1 atom stereocenters. The maximum atomic E-state index is 11.9. The third-order valence-electron chi connectivity index (χ3n) is 3.76. The zero-order chi connectivity index (χ0) is 14.7. The monoisotopic (exact) mass is 275 g/mol. The SMILES string of the molecule is CCc1ccc(C(N)CN2CCN(C)C(=O)C2=O)cc1. The molecule has 2 N–H and O–H groups in total. The van der Waals surface area contributed by atoms with Crippen LogP contribution in [0.25, 0.3) is 0 Å². The minimum Gasteiger partial charge on any atom is -0.336 e. The molecule has 1 aliphatic rings. The van der Waals surface area contributed by atoms with Crippen molar-refractivity contribution in [1.82, 2.24) is 9.80 Å². The zero-order valence-electron chi connectivity index (χ0n) is 12.0. The van der Waals surface area contributed by atoms with Gasteiger partial charge in [0.2, 0.25) is 0 Å². The maximum absolute atomic E-state index is 11.9. The van der Waals surface area contributed by atoms with Gasteiger partial charge in [-0.05, 0) is 17.5 Å². The van der Waals surface area contributed by atoms with E-state index in [1.807, 2.05) is 24.3 Å². The lowest BCUT2D eigenvalue weighted by atomic mass is 10.0. The Balaban J connectivity index is 2.01. The Morgan fingerprint density at radius 1 is 1.15 bits per heavy atom. The lowest BCUT2D eigenvalue weighted by molar-refractivity contribution is -0.155. The van der Waals surface area contributed by atoms with E-state index in [0.29, 0.717) is 19.6 Å². The Hall–Kier alpha value is -1.88. The number of benzene rings is 1. The van der Waals surface area contributed by atoms with E-state index < -0.39 is 11.8 Å². The third kappa shape index (κ3) is 2.99. The first-order chi connectivity index (χ1) is 9.52. The van der Waals surface area contributed by atoms with Crippen LogP contribution in [-0.2, 0) is 16.0 Å². The van der Waals surface area contributed by atoms with Gasteiger partial charge in [-0.15, -0.1) is 0 Å². The Bertz CT molecular complexity index is 498. The number of amides is 2. The van der Waals surface area contributed by atoms with Gasteiger partial charge in [0.25, 0.3) is 0 Å². The quantitative estimate of drug-likeness (QED) is 0.816. The van der Waals surface area contributed by atoms with Gasteiger partial charge in [0.15, 0.2) is 0 Å². The summed E-state index contributed by atoms with van der Waals surface area (Å²) in [6.07, 6.45) is 0.987. The second kappa shape index (κ2) is 6.05. The lowest BCUT2D eigenvalue weighted by Gasteiger charge is -2.33. The van der Waals surface area contributed by atoms with Crippen molar-refractivity contribution in [2.45, 2.75) is 19.4 Å². The highest BCUT2D eigenvalue weighted by Gasteiger charge is 2.31. The molecule has 2 amide bonds. The number of nitrogens with zero attached hydrogens (tertiary/aromatic N) is 2. The first-order valence-corrected chi connectivity index (χ1v) is 6.91. The van der Waals surface area contributed by atoms with Crippen molar-refractivity contribution in [3.63, 3.8) is 0 Å². The summed E-state index contributed by atoms with van der Waals surface area (Å²) in [5, 5.41) is 0. The summed E-state index contributed by atoms with van der Waals surface area (Å²) < 4.78 is 0. The lowest BCUT2D eigenvalue weighted by Crippen LogP contribution is -2.54. The Labute approximate surface area is 119 Å². The van der Waals surface area contributed by atoms with E-state index in [1.54, 1.807) is 11.9 Å². The number of nitrogens with two attached hydrogens (primary N) is 1. The third-order valence-corrected chi connectivity index (χ3v) is 3.76. The Morgan fingerprint density at radius 2 is 1.80 bits per heavy atom. The van der Waals surface area contributed by atoms with E-state index in [2.05, 4.69) is 6.92 Å². The number of aryl methyl sites for hydroxylation is 1. The highest BCUT2D eigenvalue weighted by Crippen LogP contribution is 2.15. The summed E-state index contributed by atoms with van der Waals surface area (Å²) in [6, 6.07) is 7.82. The van der Waals surface area contributed by atoms with Gasteiger partial charge < -0.3 is 15.5 Å². The van der Waals surface area contributed by atoms with Crippen LogP contribution in [0.2, 0.25) is 0 Å². The van der Waals surface area contributed by atoms with E-state index in [9.17, 15) is 9.59 Å². The van der Waals surface area contributed by atoms with Crippen molar-refractivity contribution in [3.8, 4) is 0 Å². The van der Waals surface area contributed by atoms with E-state index in [-0.39, 0.29) is 6.04 Å². The average Bonchev–Trinajstić information content (AvgIpc) is 2.48. The van der Waals surface area contributed by atoms with Gasteiger partial charge in [0.05, 0.1) is 0 Å². The number of rotatable bonds is 4. The molecule has 1 saturated heterocycles. The van der Waals surface area contributed by atoms with Crippen LogP contribution in [0.4, 0.5) is 0 Å². The van der Waals surface area contributed by atoms with E-state index in [4.69, 9.17) is 5.73 Å². The molecule has 0 bridgehead atoms. The van der Waals surface area contributed by atoms with Crippen molar-refractivity contribution in [3.05, 3.63) is 35.4 Å². The van der Waals surface area contributed by atoms with Gasteiger partial charge in [-0.1, -0.05) is 31.2 Å². The molecule has 0 saturated carbocycles. The van der Waals surface area contributed by atoms with Crippen molar-refractivity contribution in [2.75, 3.05) is 26.7 Å². The van der Waals surface area contributed by atoms with Gasteiger partial charge >= 0.3 is 11.8 Å². The first-order valence-electron chi connectivity index (χ1n) is 6.91. The van der Waals surface area contributed by atoms with Crippen molar-refractivity contribution < 1.29 is 9.59 Å². The van der Waals surface area contributed by atoms with E-state index in [0.717, 1.165) is 12.0 Å². The molecule has 108 valence electrons. The predicted molar refractivity (Wildman–Crippen MR) is 77.0 cm³/mol. The fourth-order valence-corrected chi connectivity index (χ4v) is 2.29. The number of hydrogen-bond donors (Lipinski definition) is 1. The molecule has 5 heteroatoms. The molecule has 1 fully saturated rings. The van der Waals surface area contributed by atoms with Crippen molar-refractivity contribution in [1.29, 1.82) is 0 Å². The molecule has 0 aliphatic carbocycles. The highest BCUT2D eigenvalue weighted by atomic mass is 16.2. The summed E-state index contributed by atoms with van der Waals surface area (Å²) in [6.45, 7) is 3.58. The van der Waals surface area contributed by atoms with E-state index in [1.165, 1.54) is 10.5 Å². The highest BCUT2D eigenvalue weighted by molar-refractivity contribution is 6.35. The number of hydrogen-bond acceptors (Lipinski definition) is 3. The van der Waals surface area contributed by atoms with Crippen molar-refractivity contribution in [2.24, 2.45) is 5.73 Å². The molecule has 20 heavy (non-hydrogen) atoms. The average molecular weight is 275 g/mol. The number of carbonyl (C=O) groups is 2. The molecule has 0 aromatic heterocycles. The molecular weight excluding hydrogens is 254 g/mol. The van der Waals surface area contributed by atoms with Crippen LogP contribution < -0.4 is 5.73 Å². The molecule has 2 rings (SSSR count). The zero-order valence-corrected chi connectivity index (χ0v) is 12.0. The number of likely N-dealkylation sites (N-methyl/N-ethyl adjacent to an activating group) is 1. The largest absolute Gasteiger partial charge is 0.336 e. The normalized spacial score (nSPS) is 17.6. The molecule has 1 aliphatic heterocycles. The summed E-state index contributed by atoms with van der Waals surface area (Å²) in [5.74, 6) is -0.913. The van der Waals surface area contributed by atoms with Crippen LogP contribution in [0.15, 0.2) is 24.3 Å². The number of piperazine rings is 1. The molecule has 1 aromatic rings. The standard InChI is InChI=1S/C15H21N3O2/c1-3-11-4-6-12(7-5-11)13(16)10-18-9-8-17(2)14(19)15(18)20/h4-7,13H,3,8-10,16H2,1-2H3. The fourth-order valence-electron chi connectivity index (χ4n) is 2.29. The summed E-state index contributed by atoms with van der Waals surface area (Å²) in [7, 11) is 1.64. The molecule has 1 unspecified atom stereocenters. The van der Waals surface area contributed by atoms with Gasteiger partial charge in [-0.25, -0.2) is 0 Å². The molecular formula is C15H21N3O2. The van der Waals surface area contributed by atoms with Crippen molar-refractivity contribution >= 4 is 11.8 Å². The summed E-state index contributed by atoms with van der Waals surface area (Å²) >= 11 is 0. The molecule has 0 spiro atoms. The molecule has 0 radical (unpaired) electrons. The van der Waals surface area contributed by atoms with Crippen LogP contribution in [0.3, 0.4) is 0 Å². The van der Waals surface area contributed by atoms with Gasteiger partial charge in [-0.3, -0.25) is 9.59 Å². The first kappa shape index (κ1) is 14.5. The minimum atomic E-state index is -0.459. The van der Waals surface area contributed by atoms with Crippen LogP contribution in [0.1, 0.15) is 24.1 Å². The van der Waals surface area contributed by atoms with Crippen LogP contribution in [0.5, 0.6) is 0 Å². The second-order valence-corrected chi connectivity index (χ2v) is 5.18. The Kier molecular flexibility index (Phi) is 4.39. The Morgan fingerprint density at radius 3 is 2.40 bits per heavy atom. The molecule has 5 nitrogen and oxygen atoms in total. The topological polar surface area (TPSA) is 66.6 Å². The van der Waals surface area contributed by atoms with E-state index >= 15 is 0 Å². The van der Waals surface area contributed by atoms with Gasteiger partial charge in [0.1, 0.15) is 0 Å². The van der Waals surface area contributed by atoms with Crippen LogP contribution in [-0.4, -0.2) is 48.3 Å². The fraction of sp³-hybridized carbons (Fsp3) is 0.467. The maximum Gasteiger partial charge on any atom is 0.312 e. The minimum absolute atomic E-state index is 0.263. The summed E-state index contributed by atoms with van der Waals surface area (Å²) in [5.41, 5.74) is 8.38. The number of carbonyl (C=O) groups excluding carboxylic acids is 2. The second-order valence-electron chi connectivity index (χ2n) is 5.18. The molecule has 1 aromatic carbocycles. The van der Waals surface area contributed by atoms with Crippen LogP contribution in [0, 0.1) is 0 Å².